The van der Waals surface area contributed by atoms with Crippen LogP contribution in [0.15, 0.2) is 60.7 Å². The average Bonchev–Trinajstić information content (AvgIpc) is 2.71. The van der Waals surface area contributed by atoms with Crippen molar-refractivity contribution in [2.24, 2.45) is 5.92 Å². The second kappa shape index (κ2) is 11.0. The van der Waals surface area contributed by atoms with Crippen molar-refractivity contribution in [3.63, 3.8) is 0 Å². The van der Waals surface area contributed by atoms with E-state index in [9.17, 15) is 14.4 Å². The van der Waals surface area contributed by atoms with E-state index in [4.69, 9.17) is 4.74 Å². The summed E-state index contributed by atoms with van der Waals surface area (Å²) in [5.41, 5.74) is 1.81. The number of benzene rings is 2. The molecule has 2 rings (SSSR count). The molecule has 2 atom stereocenters. The summed E-state index contributed by atoms with van der Waals surface area (Å²) in [6.07, 6.45) is -0.789. The van der Waals surface area contributed by atoms with Crippen LogP contribution in [0, 0.1) is 5.92 Å². The maximum atomic E-state index is 12.5. The fourth-order valence-electron chi connectivity index (χ4n) is 2.73. The topological polar surface area (TPSA) is 84.5 Å². The van der Waals surface area contributed by atoms with Crippen molar-refractivity contribution in [1.29, 1.82) is 0 Å². The van der Waals surface area contributed by atoms with Gasteiger partial charge >= 0.3 is 5.97 Å². The van der Waals surface area contributed by atoms with Crippen LogP contribution in [0.25, 0.3) is 0 Å². The molecule has 0 bridgehead atoms. The summed E-state index contributed by atoms with van der Waals surface area (Å²) in [4.78, 5) is 37.1. The molecule has 2 aromatic rings. The molecule has 2 aromatic carbocycles. The summed E-state index contributed by atoms with van der Waals surface area (Å²) in [7, 11) is 0. The van der Waals surface area contributed by atoms with Crippen LogP contribution in [0.5, 0.6) is 0 Å². The van der Waals surface area contributed by atoms with E-state index in [1.165, 1.54) is 6.92 Å². The van der Waals surface area contributed by atoms with Crippen LogP contribution >= 0.6 is 0 Å². The van der Waals surface area contributed by atoms with Crippen LogP contribution < -0.4 is 10.6 Å². The van der Waals surface area contributed by atoms with Crippen molar-refractivity contribution in [3.05, 3.63) is 71.8 Å². The standard InChI is InChI=1S/C23H28N2O4/c1-16(2)21(25-20(26)14-18-10-6-4-7-11-18)23(28)29-17(3)22(27)24-15-19-12-8-5-9-13-19/h4-13,16-17,21H,14-15H2,1-3H3,(H,24,27)(H,25,26)/t17?,21-/m0/s1. The van der Waals surface area contributed by atoms with Gasteiger partial charge in [-0.2, -0.15) is 0 Å². The molecule has 1 unspecified atom stereocenters. The lowest BCUT2D eigenvalue weighted by Gasteiger charge is -2.23. The van der Waals surface area contributed by atoms with Crippen molar-refractivity contribution in [2.45, 2.75) is 45.9 Å². The molecule has 0 saturated carbocycles. The van der Waals surface area contributed by atoms with Crippen molar-refractivity contribution >= 4 is 17.8 Å². The number of esters is 1. The summed E-state index contributed by atoms with van der Waals surface area (Å²) in [5, 5.41) is 5.46. The Balaban J connectivity index is 1.87. The summed E-state index contributed by atoms with van der Waals surface area (Å²) >= 11 is 0. The number of amides is 2. The van der Waals surface area contributed by atoms with E-state index in [-0.39, 0.29) is 24.2 Å². The highest BCUT2D eigenvalue weighted by molar-refractivity contribution is 5.88. The monoisotopic (exact) mass is 396 g/mol. The van der Waals surface area contributed by atoms with E-state index >= 15 is 0 Å². The second-order valence-electron chi connectivity index (χ2n) is 7.23. The minimum atomic E-state index is -0.960. The van der Waals surface area contributed by atoms with Gasteiger partial charge in [-0.3, -0.25) is 9.59 Å². The van der Waals surface area contributed by atoms with E-state index in [0.29, 0.717) is 6.54 Å². The quantitative estimate of drug-likeness (QED) is 0.638. The zero-order valence-corrected chi connectivity index (χ0v) is 17.1. The lowest BCUT2D eigenvalue weighted by Crippen LogP contribution is -2.48. The van der Waals surface area contributed by atoms with Crippen LogP contribution in [0.3, 0.4) is 0 Å². The third-order valence-corrected chi connectivity index (χ3v) is 4.42. The number of hydrogen-bond donors (Lipinski definition) is 2. The van der Waals surface area contributed by atoms with Gasteiger partial charge in [0.25, 0.3) is 5.91 Å². The van der Waals surface area contributed by atoms with Gasteiger partial charge in [-0.1, -0.05) is 74.5 Å². The predicted octanol–water partition coefficient (Wildman–Crippen LogP) is 2.62. The normalized spacial score (nSPS) is 12.7. The fraction of sp³-hybridized carbons (Fsp3) is 0.348. The highest BCUT2D eigenvalue weighted by Gasteiger charge is 2.28. The Hall–Kier alpha value is -3.15. The molecule has 29 heavy (non-hydrogen) atoms. The van der Waals surface area contributed by atoms with Crippen LogP contribution in [0.1, 0.15) is 31.9 Å². The third kappa shape index (κ3) is 7.41. The molecule has 0 aliphatic carbocycles. The van der Waals surface area contributed by atoms with Crippen molar-refractivity contribution < 1.29 is 19.1 Å². The Kier molecular flexibility index (Phi) is 8.40. The lowest BCUT2D eigenvalue weighted by atomic mass is 10.0. The minimum absolute atomic E-state index is 0.171. The van der Waals surface area contributed by atoms with Crippen LogP contribution in [0.4, 0.5) is 0 Å². The summed E-state index contributed by atoms with van der Waals surface area (Å²) in [6.45, 7) is 5.49. The van der Waals surface area contributed by atoms with Gasteiger partial charge in [0.15, 0.2) is 6.10 Å². The highest BCUT2D eigenvalue weighted by Crippen LogP contribution is 2.08. The maximum Gasteiger partial charge on any atom is 0.329 e. The van der Waals surface area contributed by atoms with Crippen LogP contribution in [0.2, 0.25) is 0 Å². The maximum absolute atomic E-state index is 12.5. The summed E-state index contributed by atoms with van der Waals surface area (Å²) in [5.74, 6) is -1.46. The van der Waals surface area contributed by atoms with E-state index in [0.717, 1.165) is 11.1 Å². The SMILES string of the molecule is CC(OC(=O)[C@@H](NC(=O)Cc1ccccc1)C(C)C)C(=O)NCc1ccccc1. The minimum Gasteiger partial charge on any atom is -0.451 e. The van der Waals surface area contributed by atoms with Gasteiger partial charge in [0, 0.05) is 6.54 Å². The molecule has 154 valence electrons. The molecule has 0 heterocycles. The second-order valence-corrected chi connectivity index (χ2v) is 7.23. The first-order chi connectivity index (χ1) is 13.9. The Morgan fingerprint density at radius 2 is 1.41 bits per heavy atom. The number of nitrogens with one attached hydrogen (secondary N) is 2. The van der Waals surface area contributed by atoms with Gasteiger partial charge in [-0.25, -0.2) is 4.79 Å². The third-order valence-electron chi connectivity index (χ3n) is 4.42. The van der Waals surface area contributed by atoms with Gasteiger partial charge in [0.1, 0.15) is 6.04 Å². The van der Waals surface area contributed by atoms with Gasteiger partial charge in [0.2, 0.25) is 5.91 Å². The Morgan fingerprint density at radius 3 is 1.97 bits per heavy atom. The number of carbonyl (C=O) groups excluding carboxylic acids is 3. The predicted molar refractivity (Wildman–Crippen MR) is 111 cm³/mol. The molecule has 0 aliphatic rings. The number of carbonyl (C=O) groups is 3. The first kappa shape index (κ1) is 22.1. The van der Waals surface area contributed by atoms with Crippen LogP contribution in [-0.2, 0) is 32.1 Å². The molecule has 0 fully saturated rings. The highest BCUT2D eigenvalue weighted by atomic mass is 16.5. The van der Waals surface area contributed by atoms with E-state index in [2.05, 4.69) is 10.6 Å². The molecule has 6 heteroatoms. The first-order valence-corrected chi connectivity index (χ1v) is 9.72. The van der Waals surface area contributed by atoms with Crippen LogP contribution in [-0.4, -0.2) is 29.9 Å². The Morgan fingerprint density at radius 1 is 0.862 bits per heavy atom. The molecular formula is C23H28N2O4. The van der Waals surface area contributed by atoms with E-state index < -0.39 is 18.1 Å². The average molecular weight is 396 g/mol. The van der Waals surface area contributed by atoms with Gasteiger partial charge in [-0.15, -0.1) is 0 Å². The zero-order chi connectivity index (χ0) is 21.2. The van der Waals surface area contributed by atoms with E-state index in [1.54, 1.807) is 0 Å². The molecule has 0 aromatic heterocycles. The summed E-state index contributed by atoms with van der Waals surface area (Å²) < 4.78 is 5.31. The molecule has 0 aliphatic heterocycles. The fourth-order valence-corrected chi connectivity index (χ4v) is 2.73. The van der Waals surface area contributed by atoms with Crippen molar-refractivity contribution in [3.8, 4) is 0 Å². The molecule has 0 saturated heterocycles. The molecular weight excluding hydrogens is 368 g/mol. The number of rotatable bonds is 9. The van der Waals surface area contributed by atoms with Gasteiger partial charge in [0.05, 0.1) is 6.42 Å². The number of hydrogen-bond acceptors (Lipinski definition) is 4. The molecule has 0 spiro atoms. The smallest absolute Gasteiger partial charge is 0.329 e. The van der Waals surface area contributed by atoms with Crippen molar-refractivity contribution in [2.75, 3.05) is 0 Å². The molecule has 0 radical (unpaired) electrons. The Bertz CT molecular complexity index is 806. The molecule has 2 N–H and O–H groups in total. The molecule has 6 nitrogen and oxygen atoms in total. The zero-order valence-electron chi connectivity index (χ0n) is 17.1. The molecule has 2 amide bonds. The first-order valence-electron chi connectivity index (χ1n) is 9.72. The Labute approximate surface area is 171 Å². The van der Waals surface area contributed by atoms with Gasteiger partial charge in [-0.05, 0) is 24.0 Å². The van der Waals surface area contributed by atoms with Gasteiger partial charge < -0.3 is 15.4 Å². The largest absolute Gasteiger partial charge is 0.451 e. The van der Waals surface area contributed by atoms with E-state index in [1.807, 2.05) is 74.5 Å². The van der Waals surface area contributed by atoms with Crippen molar-refractivity contribution in [1.82, 2.24) is 10.6 Å². The number of ether oxygens (including phenoxy) is 1. The lowest BCUT2D eigenvalue weighted by molar-refractivity contribution is -0.158. The summed E-state index contributed by atoms with van der Waals surface area (Å²) in [6, 6.07) is 17.9.